The highest BCUT2D eigenvalue weighted by atomic mass is 127. The van der Waals surface area contributed by atoms with Crippen molar-refractivity contribution in [2.75, 3.05) is 33.2 Å². The number of aromatic nitrogens is 1. The molecule has 0 fully saturated rings. The van der Waals surface area contributed by atoms with E-state index in [2.05, 4.69) is 76.6 Å². The predicted molar refractivity (Wildman–Crippen MR) is 127 cm³/mol. The van der Waals surface area contributed by atoms with Crippen molar-refractivity contribution in [1.82, 2.24) is 20.5 Å². The van der Waals surface area contributed by atoms with Gasteiger partial charge in [0.05, 0.1) is 11.0 Å². The van der Waals surface area contributed by atoms with Crippen LogP contribution in [0.1, 0.15) is 35.3 Å². The topological polar surface area (TPSA) is 52.5 Å². The van der Waals surface area contributed by atoms with Crippen molar-refractivity contribution >= 4 is 41.3 Å². The zero-order valence-electron chi connectivity index (χ0n) is 16.7. The molecule has 0 saturated heterocycles. The molecule has 2 rings (SSSR count). The van der Waals surface area contributed by atoms with Gasteiger partial charge in [0.25, 0.3) is 0 Å². The van der Waals surface area contributed by atoms with E-state index in [1.54, 1.807) is 11.3 Å². The number of nitrogens with zero attached hydrogens (tertiary/aromatic N) is 3. The lowest BCUT2D eigenvalue weighted by atomic mass is 10.1. The second kappa shape index (κ2) is 13.1. The van der Waals surface area contributed by atoms with Crippen LogP contribution in [0.2, 0.25) is 0 Å². The van der Waals surface area contributed by atoms with Gasteiger partial charge in [0.15, 0.2) is 5.96 Å². The number of hydrogen-bond acceptors (Lipinski definition) is 4. The van der Waals surface area contributed by atoms with Crippen LogP contribution in [-0.4, -0.2) is 49.1 Å². The van der Waals surface area contributed by atoms with Crippen molar-refractivity contribution in [3.63, 3.8) is 0 Å². The van der Waals surface area contributed by atoms with Crippen molar-refractivity contribution in [1.29, 1.82) is 0 Å². The molecule has 5 nitrogen and oxygen atoms in total. The fourth-order valence-corrected chi connectivity index (χ4v) is 3.80. The van der Waals surface area contributed by atoms with Gasteiger partial charge in [-0.1, -0.05) is 44.2 Å². The lowest BCUT2D eigenvalue weighted by molar-refractivity contribution is 0.219. The Kier molecular flexibility index (Phi) is 11.5. The second-order valence-electron chi connectivity index (χ2n) is 6.14. The third-order valence-corrected chi connectivity index (χ3v) is 5.40. The van der Waals surface area contributed by atoms with Gasteiger partial charge in [-0.05, 0) is 25.6 Å². The van der Waals surface area contributed by atoms with Gasteiger partial charge in [-0.15, -0.1) is 35.3 Å². The molecule has 0 aliphatic rings. The van der Waals surface area contributed by atoms with E-state index in [1.807, 2.05) is 13.2 Å². The molecule has 1 aromatic carbocycles. The maximum atomic E-state index is 4.41. The summed E-state index contributed by atoms with van der Waals surface area (Å²) in [6.45, 7) is 10.2. The van der Waals surface area contributed by atoms with Crippen LogP contribution in [0.5, 0.6) is 0 Å². The highest BCUT2D eigenvalue weighted by Crippen LogP contribution is 2.19. The van der Waals surface area contributed by atoms with Crippen molar-refractivity contribution in [2.24, 2.45) is 4.99 Å². The first-order valence-corrected chi connectivity index (χ1v) is 10.1. The maximum absolute atomic E-state index is 4.41. The summed E-state index contributed by atoms with van der Waals surface area (Å²) in [5.41, 5.74) is 1.33. The molecular weight excluding hydrogens is 469 g/mol. The van der Waals surface area contributed by atoms with E-state index in [-0.39, 0.29) is 24.0 Å². The van der Waals surface area contributed by atoms with Crippen molar-refractivity contribution < 1.29 is 0 Å². The fourth-order valence-electron chi connectivity index (χ4n) is 3.02. The molecule has 0 saturated carbocycles. The van der Waals surface area contributed by atoms with Gasteiger partial charge in [0.2, 0.25) is 0 Å². The summed E-state index contributed by atoms with van der Waals surface area (Å²) in [6, 6.07) is 11.0. The first kappa shape index (κ1) is 23.8. The van der Waals surface area contributed by atoms with E-state index >= 15 is 0 Å². The summed E-state index contributed by atoms with van der Waals surface area (Å²) in [6.07, 6.45) is 2.85. The third kappa shape index (κ3) is 7.75. The normalized spacial score (nSPS) is 12.6. The SMILES string of the molecule is CCN(CC)C(CNC(=NC)NCCc1ncc(C)s1)c1ccccc1.I. The molecule has 0 amide bonds. The number of likely N-dealkylation sites (N-methyl/N-ethyl adjacent to an activating group) is 1. The number of thiazole rings is 1. The number of hydrogen-bond donors (Lipinski definition) is 2. The number of nitrogens with one attached hydrogen (secondary N) is 2. The minimum absolute atomic E-state index is 0. The van der Waals surface area contributed by atoms with E-state index in [1.165, 1.54) is 10.4 Å². The summed E-state index contributed by atoms with van der Waals surface area (Å²) in [5, 5.41) is 8.05. The second-order valence-corrected chi connectivity index (χ2v) is 7.46. The average Bonchev–Trinajstić information content (AvgIpc) is 3.09. The van der Waals surface area contributed by atoms with Gasteiger partial charge in [0.1, 0.15) is 0 Å². The Morgan fingerprint density at radius 2 is 1.89 bits per heavy atom. The molecule has 27 heavy (non-hydrogen) atoms. The number of aliphatic imine (C=N–C) groups is 1. The largest absolute Gasteiger partial charge is 0.356 e. The van der Waals surface area contributed by atoms with Crippen LogP contribution in [0.25, 0.3) is 0 Å². The number of rotatable bonds is 9. The molecule has 0 bridgehead atoms. The molecule has 1 aromatic heterocycles. The minimum atomic E-state index is 0. The zero-order valence-corrected chi connectivity index (χ0v) is 19.9. The predicted octanol–water partition coefficient (Wildman–Crippen LogP) is 3.86. The highest BCUT2D eigenvalue weighted by Gasteiger charge is 2.18. The maximum Gasteiger partial charge on any atom is 0.191 e. The van der Waals surface area contributed by atoms with Crippen LogP contribution in [-0.2, 0) is 6.42 Å². The molecule has 1 unspecified atom stereocenters. The Balaban J connectivity index is 0.00000364. The van der Waals surface area contributed by atoms with E-state index in [0.717, 1.165) is 43.6 Å². The molecular formula is C20H32IN5S. The average molecular weight is 501 g/mol. The highest BCUT2D eigenvalue weighted by molar-refractivity contribution is 14.0. The number of aryl methyl sites for hydroxylation is 1. The molecule has 2 aromatic rings. The van der Waals surface area contributed by atoms with Gasteiger partial charge in [0, 0.05) is 37.6 Å². The molecule has 0 aliphatic carbocycles. The summed E-state index contributed by atoms with van der Waals surface area (Å²) < 4.78 is 0. The Morgan fingerprint density at radius 3 is 2.44 bits per heavy atom. The Hall–Kier alpha value is -1.19. The van der Waals surface area contributed by atoms with Gasteiger partial charge >= 0.3 is 0 Å². The summed E-state index contributed by atoms with van der Waals surface area (Å²) in [4.78, 5) is 12.5. The van der Waals surface area contributed by atoms with E-state index in [0.29, 0.717) is 6.04 Å². The van der Waals surface area contributed by atoms with Crippen molar-refractivity contribution in [2.45, 2.75) is 33.2 Å². The monoisotopic (exact) mass is 501 g/mol. The van der Waals surface area contributed by atoms with Crippen LogP contribution in [0.3, 0.4) is 0 Å². The smallest absolute Gasteiger partial charge is 0.191 e. The van der Waals surface area contributed by atoms with Crippen LogP contribution in [0.15, 0.2) is 41.5 Å². The van der Waals surface area contributed by atoms with Gasteiger partial charge in [-0.3, -0.25) is 9.89 Å². The molecule has 0 spiro atoms. The number of halogens is 1. The van der Waals surface area contributed by atoms with Gasteiger partial charge < -0.3 is 10.6 Å². The Labute approximate surface area is 184 Å². The molecule has 1 atom stereocenters. The van der Waals surface area contributed by atoms with Crippen molar-refractivity contribution in [3.8, 4) is 0 Å². The third-order valence-electron chi connectivity index (χ3n) is 4.42. The van der Waals surface area contributed by atoms with Crippen molar-refractivity contribution in [3.05, 3.63) is 52.0 Å². The number of benzene rings is 1. The summed E-state index contributed by atoms with van der Waals surface area (Å²) >= 11 is 1.75. The molecule has 2 N–H and O–H groups in total. The lowest BCUT2D eigenvalue weighted by Crippen LogP contribution is -2.43. The Bertz CT molecular complexity index is 670. The minimum Gasteiger partial charge on any atom is -0.356 e. The molecule has 7 heteroatoms. The quantitative estimate of drug-likeness (QED) is 0.311. The number of guanidine groups is 1. The van der Waals surface area contributed by atoms with Gasteiger partial charge in [-0.25, -0.2) is 4.98 Å². The van der Waals surface area contributed by atoms with E-state index in [4.69, 9.17) is 0 Å². The molecule has 150 valence electrons. The molecule has 0 radical (unpaired) electrons. The molecule has 0 aliphatic heterocycles. The van der Waals surface area contributed by atoms with E-state index in [9.17, 15) is 0 Å². The Morgan fingerprint density at radius 1 is 1.19 bits per heavy atom. The van der Waals surface area contributed by atoms with Crippen LogP contribution in [0.4, 0.5) is 0 Å². The first-order chi connectivity index (χ1) is 12.7. The van der Waals surface area contributed by atoms with Gasteiger partial charge in [-0.2, -0.15) is 0 Å². The van der Waals surface area contributed by atoms with Crippen LogP contribution >= 0.6 is 35.3 Å². The van der Waals surface area contributed by atoms with Crippen LogP contribution in [0, 0.1) is 6.92 Å². The van der Waals surface area contributed by atoms with E-state index < -0.39 is 0 Å². The fraction of sp³-hybridized carbons (Fsp3) is 0.500. The zero-order chi connectivity index (χ0) is 18.8. The van der Waals surface area contributed by atoms with Crippen LogP contribution < -0.4 is 10.6 Å². The summed E-state index contributed by atoms with van der Waals surface area (Å²) in [7, 11) is 1.82. The molecule has 1 heterocycles. The summed E-state index contributed by atoms with van der Waals surface area (Å²) in [5.74, 6) is 0.839. The lowest BCUT2D eigenvalue weighted by Gasteiger charge is -2.30. The first-order valence-electron chi connectivity index (χ1n) is 9.32. The standard InChI is InChI=1S/C20H31N5S.HI/c1-5-25(6-2)18(17-10-8-7-9-11-17)15-24-20(21-4)22-13-12-19-23-14-16(3)26-19;/h7-11,14,18H,5-6,12-13,15H2,1-4H3,(H2,21,22,24);1H.